The van der Waals surface area contributed by atoms with Crippen LogP contribution < -0.4 is 15.4 Å². The van der Waals surface area contributed by atoms with Gasteiger partial charge >= 0.3 is 0 Å². The molecule has 1 aromatic carbocycles. The van der Waals surface area contributed by atoms with Crippen molar-refractivity contribution in [3.8, 4) is 5.75 Å². The van der Waals surface area contributed by atoms with Crippen molar-refractivity contribution < 1.29 is 14.3 Å². The number of benzene rings is 1. The smallest absolute Gasteiger partial charge is 0.276 e. The van der Waals surface area contributed by atoms with Gasteiger partial charge in [0.25, 0.3) is 5.91 Å². The van der Waals surface area contributed by atoms with Crippen molar-refractivity contribution in [3.05, 3.63) is 41.2 Å². The molecule has 1 saturated heterocycles. The minimum absolute atomic E-state index is 0. The molecule has 0 aliphatic carbocycles. The first-order valence-electron chi connectivity index (χ1n) is 8.72. The fourth-order valence-corrected chi connectivity index (χ4v) is 3.23. The second-order valence-corrected chi connectivity index (χ2v) is 6.38. The van der Waals surface area contributed by atoms with Gasteiger partial charge in [0.05, 0.1) is 6.10 Å². The Morgan fingerprint density at radius 2 is 2.35 bits per heavy atom. The lowest BCUT2D eigenvalue weighted by molar-refractivity contribution is 0.0680. The van der Waals surface area contributed by atoms with E-state index in [-0.39, 0.29) is 24.4 Å². The van der Waals surface area contributed by atoms with Gasteiger partial charge in [0.2, 0.25) is 0 Å². The highest BCUT2D eigenvalue weighted by atomic mass is 35.5. The minimum Gasteiger partial charge on any atom is -0.491 e. The number of anilines is 1. The summed E-state index contributed by atoms with van der Waals surface area (Å²) in [5, 5.41) is 13.3. The van der Waals surface area contributed by atoms with Gasteiger partial charge in [-0.25, -0.2) is 0 Å². The summed E-state index contributed by atoms with van der Waals surface area (Å²) >= 11 is 0. The number of aromatic nitrogens is 2. The lowest BCUT2D eigenvalue weighted by Gasteiger charge is -2.14. The first kappa shape index (κ1) is 18.7. The zero-order valence-corrected chi connectivity index (χ0v) is 15.2. The summed E-state index contributed by atoms with van der Waals surface area (Å²) in [6.45, 7) is 2.92. The number of hydrogen-bond donors (Lipinski definition) is 3. The van der Waals surface area contributed by atoms with E-state index in [4.69, 9.17) is 9.47 Å². The van der Waals surface area contributed by atoms with E-state index in [1.807, 2.05) is 24.3 Å². The van der Waals surface area contributed by atoms with Gasteiger partial charge in [-0.05, 0) is 25.0 Å². The summed E-state index contributed by atoms with van der Waals surface area (Å²) in [6, 6.07) is 7.41. The van der Waals surface area contributed by atoms with Crippen molar-refractivity contribution in [3.63, 3.8) is 0 Å². The summed E-state index contributed by atoms with van der Waals surface area (Å²) in [7, 11) is 0. The van der Waals surface area contributed by atoms with Gasteiger partial charge in [-0.15, -0.1) is 12.4 Å². The molecule has 7 nitrogen and oxygen atoms in total. The fraction of sp³-hybridized carbons (Fsp3) is 0.444. The van der Waals surface area contributed by atoms with E-state index in [0.717, 1.165) is 49.4 Å². The summed E-state index contributed by atoms with van der Waals surface area (Å²) in [5.41, 5.74) is 3.13. The molecule has 1 aromatic heterocycles. The number of carbonyl (C=O) groups is 1. The van der Waals surface area contributed by atoms with Gasteiger partial charge < -0.3 is 20.1 Å². The van der Waals surface area contributed by atoms with Crippen molar-refractivity contribution in [1.82, 2.24) is 15.5 Å². The van der Waals surface area contributed by atoms with Crippen molar-refractivity contribution in [2.45, 2.75) is 31.9 Å². The van der Waals surface area contributed by atoms with E-state index in [1.54, 1.807) is 0 Å². The van der Waals surface area contributed by atoms with Gasteiger partial charge in [0.15, 0.2) is 5.69 Å². The minimum atomic E-state index is -0.211. The molecule has 2 aliphatic rings. The third kappa shape index (κ3) is 4.17. The molecule has 3 heterocycles. The van der Waals surface area contributed by atoms with E-state index in [0.29, 0.717) is 24.5 Å². The molecule has 1 fully saturated rings. The molecular formula is C18H23ClN4O3. The van der Waals surface area contributed by atoms with Crippen molar-refractivity contribution in [2.24, 2.45) is 0 Å². The molecule has 1 amide bonds. The average Bonchev–Trinajstić information content (AvgIpc) is 3.30. The van der Waals surface area contributed by atoms with Crippen LogP contribution in [0.1, 0.15) is 34.6 Å². The SMILES string of the molecule is Cl.O=C(Nc1cccc(OCC2CCCO2)c1)c1n[nH]c2c1CNCC2. The molecule has 0 radical (unpaired) electrons. The Hall–Kier alpha value is -2.09. The van der Waals surface area contributed by atoms with Crippen LogP contribution in [0.25, 0.3) is 0 Å². The molecule has 0 spiro atoms. The Balaban J connectivity index is 0.00000196. The molecule has 8 heteroatoms. The van der Waals surface area contributed by atoms with Crippen LogP contribution in [-0.4, -0.2) is 42.0 Å². The van der Waals surface area contributed by atoms with Crippen LogP contribution in [0, 0.1) is 0 Å². The number of halogens is 1. The zero-order valence-electron chi connectivity index (χ0n) is 14.4. The summed E-state index contributed by atoms with van der Waals surface area (Å²) in [4.78, 5) is 12.5. The largest absolute Gasteiger partial charge is 0.491 e. The number of fused-ring (bicyclic) bond motifs is 1. The summed E-state index contributed by atoms with van der Waals surface area (Å²) in [6.07, 6.45) is 3.16. The van der Waals surface area contributed by atoms with Crippen LogP contribution >= 0.6 is 12.4 Å². The lowest BCUT2D eigenvalue weighted by atomic mass is 10.1. The number of aromatic amines is 1. The molecule has 2 aromatic rings. The van der Waals surface area contributed by atoms with Crippen molar-refractivity contribution in [2.75, 3.05) is 25.1 Å². The predicted octanol–water partition coefficient (Wildman–Crippen LogP) is 2.29. The third-order valence-corrected chi connectivity index (χ3v) is 4.57. The average molecular weight is 379 g/mol. The molecule has 3 N–H and O–H groups in total. The maximum absolute atomic E-state index is 12.5. The number of nitrogens with one attached hydrogen (secondary N) is 3. The molecule has 140 valence electrons. The fourth-order valence-electron chi connectivity index (χ4n) is 3.23. The first-order valence-corrected chi connectivity index (χ1v) is 8.72. The Morgan fingerprint density at radius 3 is 3.19 bits per heavy atom. The van der Waals surface area contributed by atoms with E-state index in [9.17, 15) is 4.79 Å². The zero-order chi connectivity index (χ0) is 17.1. The van der Waals surface area contributed by atoms with E-state index < -0.39 is 0 Å². The molecular weight excluding hydrogens is 356 g/mol. The molecule has 4 rings (SSSR count). The highest BCUT2D eigenvalue weighted by molar-refractivity contribution is 6.04. The van der Waals surface area contributed by atoms with Gasteiger partial charge in [-0.1, -0.05) is 6.07 Å². The highest BCUT2D eigenvalue weighted by Gasteiger charge is 2.21. The number of amides is 1. The third-order valence-electron chi connectivity index (χ3n) is 4.57. The van der Waals surface area contributed by atoms with Crippen LogP contribution in [0.3, 0.4) is 0 Å². The maximum Gasteiger partial charge on any atom is 0.276 e. The van der Waals surface area contributed by atoms with E-state index in [2.05, 4.69) is 20.8 Å². The Kier molecular flexibility index (Phi) is 6.13. The molecule has 0 saturated carbocycles. The molecule has 1 unspecified atom stereocenters. The topological polar surface area (TPSA) is 88.3 Å². The molecule has 2 aliphatic heterocycles. The normalized spacial score (nSPS) is 18.7. The van der Waals surface area contributed by atoms with Crippen LogP contribution in [-0.2, 0) is 17.7 Å². The second kappa shape index (κ2) is 8.53. The Bertz CT molecular complexity index is 759. The summed E-state index contributed by atoms with van der Waals surface area (Å²) in [5.74, 6) is 0.511. The van der Waals surface area contributed by atoms with Crippen LogP contribution in [0.2, 0.25) is 0 Å². The van der Waals surface area contributed by atoms with Gasteiger partial charge in [0.1, 0.15) is 12.4 Å². The quantitative estimate of drug-likeness (QED) is 0.743. The highest BCUT2D eigenvalue weighted by Crippen LogP contribution is 2.21. The monoisotopic (exact) mass is 378 g/mol. The van der Waals surface area contributed by atoms with E-state index >= 15 is 0 Å². The Morgan fingerprint density at radius 1 is 1.42 bits per heavy atom. The number of H-pyrrole nitrogens is 1. The number of nitrogens with zero attached hydrogens (tertiary/aromatic N) is 1. The first-order chi connectivity index (χ1) is 12.3. The predicted molar refractivity (Wildman–Crippen MR) is 100 cm³/mol. The van der Waals surface area contributed by atoms with E-state index in [1.165, 1.54) is 0 Å². The van der Waals surface area contributed by atoms with Crippen molar-refractivity contribution >= 4 is 24.0 Å². The lowest BCUT2D eigenvalue weighted by Crippen LogP contribution is -2.25. The number of ether oxygens (including phenoxy) is 2. The summed E-state index contributed by atoms with van der Waals surface area (Å²) < 4.78 is 11.3. The molecule has 1 atom stereocenters. The molecule has 26 heavy (non-hydrogen) atoms. The standard InChI is InChI=1S/C18H22N4O3.ClH/c23-18(17-15-10-19-7-6-16(15)21-22-17)20-12-3-1-4-13(9-12)25-11-14-5-2-8-24-14;/h1,3-4,9,14,19H,2,5-8,10-11H2,(H,20,23)(H,21,22);1H. The molecule has 0 bridgehead atoms. The second-order valence-electron chi connectivity index (χ2n) is 6.38. The van der Waals surface area contributed by atoms with Crippen LogP contribution in [0.15, 0.2) is 24.3 Å². The van der Waals surface area contributed by atoms with Gasteiger partial charge in [-0.3, -0.25) is 9.89 Å². The van der Waals surface area contributed by atoms with Gasteiger partial charge in [0, 0.05) is 49.1 Å². The number of rotatable bonds is 5. The van der Waals surface area contributed by atoms with Gasteiger partial charge in [-0.2, -0.15) is 5.10 Å². The van der Waals surface area contributed by atoms with Crippen LogP contribution in [0.4, 0.5) is 5.69 Å². The van der Waals surface area contributed by atoms with Crippen LogP contribution in [0.5, 0.6) is 5.75 Å². The number of hydrogen-bond acceptors (Lipinski definition) is 5. The number of carbonyl (C=O) groups excluding carboxylic acids is 1. The maximum atomic E-state index is 12.5. The van der Waals surface area contributed by atoms with Crippen molar-refractivity contribution in [1.29, 1.82) is 0 Å². The Labute approximate surface area is 158 Å².